The summed E-state index contributed by atoms with van der Waals surface area (Å²) in [6.45, 7) is 12.7. The molecule has 0 aliphatic heterocycles. The van der Waals surface area contributed by atoms with Gasteiger partial charge in [0.25, 0.3) is 0 Å². The predicted molar refractivity (Wildman–Crippen MR) is 78.5 cm³/mol. The Balaban J connectivity index is 4.03. The van der Waals surface area contributed by atoms with E-state index in [4.69, 9.17) is 0 Å². The van der Waals surface area contributed by atoms with Crippen LogP contribution < -0.4 is 5.32 Å². The lowest BCUT2D eigenvalue weighted by molar-refractivity contribution is 0.282. The lowest BCUT2D eigenvalue weighted by atomic mass is 10.00. The van der Waals surface area contributed by atoms with E-state index in [1.165, 1.54) is 19.3 Å². The van der Waals surface area contributed by atoms with E-state index < -0.39 is 0 Å². The van der Waals surface area contributed by atoms with E-state index in [0.29, 0.717) is 12.1 Å². The molecule has 104 valence electrons. The van der Waals surface area contributed by atoms with E-state index in [1.807, 2.05) is 0 Å². The highest BCUT2D eigenvalue weighted by atomic mass is 15.1. The minimum atomic E-state index is 0.632. The number of hydrogen-bond acceptors (Lipinski definition) is 2. The monoisotopic (exact) mass is 242 g/mol. The van der Waals surface area contributed by atoms with E-state index in [2.05, 4.69) is 58.9 Å². The van der Waals surface area contributed by atoms with Gasteiger partial charge in [-0.2, -0.15) is 0 Å². The highest BCUT2D eigenvalue weighted by Crippen LogP contribution is 2.10. The van der Waals surface area contributed by atoms with Crippen molar-refractivity contribution in [3.8, 4) is 0 Å². The molecular formula is C15H34N2. The standard InChI is InChI=1S/C15H34N2/c1-12(2)8-9-14(5)16-15(10-13(3)4)11-17(6)7/h12-16H,8-11H2,1-7H3. The van der Waals surface area contributed by atoms with Crippen molar-refractivity contribution in [3.05, 3.63) is 0 Å². The van der Waals surface area contributed by atoms with Crippen molar-refractivity contribution < 1.29 is 0 Å². The average Bonchev–Trinajstić information content (AvgIpc) is 2.12. The normalized spacial score (nSPS) is 15.9. The SMILES string of the molecule is CC(C)CCC(C)NC(CC(C)C)CN(C)C. The molecule has 0 saturated heterocycles. The molecule has 0 saturated carbocycles. The lowest BCUT2D eigenvalue weighted by Gasteiger charge is -2.27. The second-order valence-electron chi connectivity index (χ2n) is 6.63. The van der Waals surface area contributed by atoms with Crippen molar-refractivity contribution >= 4 is 0 Å². The third-order valence-electron chi connectivity index (χ3n) is 3.04. The second kappa shape index (κ2) is 8.93. The summed E-state index contributed by atoms with van der Waals surface area (Å²) >= 11 is 0. The first-order valence-electron chi connectivity index (χ1n) is 7.22. The molecule has 2 atom stereocenters. The number of nitrogens with zero attached hydrogens (tertiary/aromatic N) is 1. The molecule has 0 bridgehead atoms. The summed E-state index contributed by atoms with van der Waals surface area (Å²) in [6, 6.07) is 1.27. The van der Waals surface area contributed by atoms with Gasteiger partial charge in [0, 0.05) is 18.6 Å². The third-order valence-corrected chi connectivity index (χ3v) is 3.04. The summed E-state index contributed by atoms with van der Waals surface area (Å²) in [5.41, 5.74) is 0. The van der Waals surface area contributed by atoms with Gasteiger partial charge in [-0.15, -0.1) is 0 Å². The zero-order valence-electron chi connectivity index (χ0n) is 13.1. The molecule has 0 spiro atoms. The number of hydrogen-bond donors (Lipinski definition) is 1. The van der Waals surface area contributed by atoms with Crippen LogP contribution in [0.3, 0.4) is 0 Å². The van der Waals surface area contributed by atoms with Crippen LogP contribution in [0.1, 0.15) is 53.9 Å². The molecule has 2 unspecified atom stereocenters. The first-order chi connectivity index (χ1) is 7.81. The van der Waals surface area contributed by atoms with Gasteiger partial charge in [-0.3, -0.25) is 0 Å². The van der Waals surface area contributed by atoms with Crippen LogP contribution in [0.15, 0.2) is 0 Å². The van der Waals surface area contributed by atoms with E-state index in [1.54, 1.807) is 0 Å². The summed E-state index contributed by atoms with van der Waals surface area (Å²) in [5, 5.41) is 3.79. The Hall–Kier alpha value is -0.0800. The van der Waals surface area contributed by atoms with E-state index >= 15 is 0 Å². The Bertz CT molecular complexity index is 166. The molecule has 0 aromatic heterocycles. The number of nitrogens with one attached hydrogen (secondary N) is 1. The quantitative estimate of drug-likeness (QED) is 0.667. The summed E-state index contributed by atoms with van der Waals surface area (Å²) in [4.78, 5) is 2.29. The molecule has 0 aromatic rings. The lowest BCUT2D eigenvalue weighted by Crippen LogP contribution is -2.43. The largest absolute Gasteiger partial charge is 0.310 e. The van der Waals surface area contributed by atoms with Gasteiger partial charge in [-0.25, -0.2) is 0 Å². The fraction of sp³-hybridized carbons (Fsp3) is 1.00. The first kappa shape index (κ1) is 16.9. The molecule has 2 heteroatoms. The Labute approximate surface area is 109 Å². The minimum Gasteiger partial charge on any atom is -0.310 e. The Morgan fingerprint density at radius 3 is 1.88 bits per heavy atom. The van der Waals surface area contributed by atoms with Crippen molar-refractivity contribution in [3.63, 3.8) is 0 Å². The highest BCUT2D eigenvalue weighted by molar-refractivity contribution is 4.75. The van der Waals surface area contributed by atoms with Gasteiger partial charge >= 0.3 is 0 Å². The van der Waals surface area contributed by atoms with Gasteiger partial charge < -0.3 is 10.2 Å². The maximum absolute atomic E-state index is 3.79. The molecule has 2 nitrogen and oxygen atoms in total. The van der Waals surface area contributed by atoms with Gasteiger partial charge in [0.15, 0.2) is 0 Å². The van der Waals surface area contributed by atoms with Crippen LogP contribution in [0.2, 0.25) is 0 Å². The molecular weight excluding hydrogens is 208 g/mol. The first-order valence-corrected chi connectivity index (χ1v) is 7.22. The van der Waals surface area contributed by atoms with Crippen LogP contribution in [0.25, 0.3) is 0 Å². The van der Waals surface area contributed by atoms with Crippen molar-refractivity contribution in [2.75, 3.05) is 20.6 Å². The molecule has 0 amide bonds. The van der Waals surface area contributed by atoms with E-state index in [-0.39, 0.29) is 0 Å². The maximum atomic E-state index is 3.79. The third kappa shape index (κ3) is 10.8. The zero-order chi connectivity index (χ0) is 13.4. The summed E-state index contributed by atoms with van der Waals surface area (Å²) in [5.74, 6) is 1.58. The average molecular weight is 242 g/mol. The van der Waals surface area contributed by atoms with Crippen LogP contribution >= 0.6 is 0 Å². The fourth-order valence-corrected chi connectivity index (χ4v) is 2.27. The molecule has 0 aliphatic carbocycles. The molecule has 0 fully saturated rings. The molecule has 0 aromatic carbocycles. The van der Waals surface area contributed by atoms with Crippen molar-refractivity contribution in [1.29, 1.82) is 0 Å². The predicted octanol–water partition coefficient (Wildman–Crippen LogP) is 3.38. The Morgan fingerprint density at radius 2 is 1.47 bits per heavy atom. The molecule has 0 rings (SSSR count). The maximum Gasteiger partial charge on any atom is 0.0199 e. The van der Waals surface area contributed by atoms with E-state index in [9.17, 15) is 0 Å². The Kier molecular flexibility index (Phi) is 8.89. The smallest absolute Gasteiger partial charge is 0.0199 e. The molecule has 0 heterocycles. The zero-order valence-corrected chi connectivity index (χ0v) is 13.1. The van der Waals surface area contributed by atoms with Crippen molar-refractivity contribution in [2.24, 2.45) is 11.8 Å². The van der Waals surface area contributed by atoms with Gasteiger partial charge in [0.05, 0.1) is 0 Å². The molecule has 0 radical (unpaired) electrons. The number of rotatable bonds is 9. The second-order valence-corrected chi connectivity index (χ2v) is 6.63. The number of likely N-dealkylation sites (N-methyl/N-ethyl adjacent to an activating group) is 1. The van der Waals surface area contributed by atoms with Gasteiger partial charge in [0.1, 0.15) is 0 Å². The van der Waals surface area contributed by atoms with E-state index in [0.717, 1.165) is 18.4 Å². The molecule has 0 aliphatic rings. The van der Waals surface area contributed by atoms with Crippen molar-refractivity contribution in [1.82, 2.24) is 10.2 Å². The minimum absolute atomic E-state index is 0.632. The van der Waals surface area contributed by atoms with Crippen LogP contribution in [0.4, 0.5) is 0 Å². The van der Waals surface area contributed by atoms with Gasteiger partial charge in [-0.05, 0) is 52.1 Å². The van der Waals surface area contributed by atoms with Crippen molar-refractivity contribution in [2.45, 2.75) is 66.0 Å². The summed E-state index contributed by atoms with van der Waals surface area (Å²) in [7, 11) is 4.32. The summed E-state index contributed by atoms with van der Waals surface area (Å²) < 4.78 is 0. The molecule has 17 heavy (non-hydrogen) atoms. The van der Waals surface area contributed by atoms with Gasteiger partial charge in [-0.1, -0.05) is 27.7 Å². The fourth-order valence-electron chi connectivity index (χ4n) is 2.27. The summed E-state index contributed by atoms with van der Waals surface area (Å²) in [6.07, 6.45) is 3.88. The van der Waals surface area contributed by atoms with Gasteiger partial charge in [0.2, 0.25) is 0 Å². The van der Waals surface area contributed by atoms with Crippen LogP contribution in [0.5, 0.6) is 0 Å². The Morgan fingerprint density at radius 1 is 0.882 bits per heavy atom. The van der Waals surface area contributed by atoms with Crippen LogP contribution in [-0.2, 0) is 0 Å². The molecule has 1 N–H and O–H groups in total. The highest BCUT2D eigenvalue weighted by Gasteiger charge is 2.14. The van der Waals surface area contributed by atoms with Crippen LogP contribution in [0, 0.1) is 11.8 Å². The topological polar surface area (TPSA) is 15.3 Å². The van der Waals surface area contributed by atoms with Crippen LogP contribution in [-0.4, -0.2) is 37.6 Å².